The molecule has 0 spiro atoms. The predicted molar refractivity (Wildman–Crippen MR) is 140 cm³/mol. The van der Waals surface area contributed by atoms with E-state index in [4.69, 9.17) is 14.2 Å². The molecule has 188 valence electrons. The number of nitrogens with zero attached hydrogens (tertiary/aromatic N) is 1. The number of amides is 2. The van der Waals surface area contributed by atoms with E-state index in [0.29, 0.717) is 30.3 Å². The van der Waals surface area contributed by atoms with Crippen LogP contribution in [0.25, 0.3) is 0 Å². The van der Waals surface area contributed by atoms with E-state index < -0.39 is 0 Å². The summed E-state index contributed by atoms with van der Waals surface area (Å²) in [5, 5.41) is 2.86. The molecule has 4 rings (SSSR count). The number of nitrogens with one attached hydrogen (secondary N) is 1. The summed E-state index contributed by atoms with van der Waals surface area (Å²) in [5.74, 6) is 1.84. The summed E-state index contributed by atoms with van der Waals surface area (Å²) in [5.41, 5.74) is 4.29. The lowest BCUT2D eigenvalue weighted by Crippen LogP contribution is -2.39. The van der Waals surface area contributed by atoms with Gasteiger partial charge in [-0.15, -0.1) is 0 Å². The van der Waals surface area contributed by atoms with Gasteiger partial charge in [0, 0.05) is 12.2 Å². The molecule has 36 heavy (non-hydrogen) atoms. The topological polar surface area (TPSA) is 77.1 Å². The highest BCUT2D eigenvalue weighted by atomic mass is 16.5. The average molecular weight is 489 g/mol. The van der Waals surface area contributed by atoms with Crippen molar-refractivity contribution in [3.63, 3.8) is 0 Å². The number of benzene rings is 3. The van der Waals surface area contributed by atoms with Crippen molar-refractivity contribution in [1.82, 2.24) is 0 Å². The van der Waals surface area contributed by atoms with Crippen molar-refractivity contribution in [3.8, 4) is 17.2 Å². The monoisotopic (exact) mass is 488 g/mol. The lowest BCUT2D eigenvalue weighted by molar-refractivity contribution is -0.121. The Morgan fingerprint density at radius 1 is 0.944 bits per heavy atom. The second-order valence-corrected chi connectivity index (χ2v) is 8.90. The van der Waals surface area contributed by atoms with Crippen molar-refractivity contribution in [2.45, 2.75) is 33.6 Å². The molecule has 7 heteroatoms. The van der Waals surface area contributed by atoms with Gasteiger partial charge in [0.05, 0.1) is 12.3 Å². The van der Waals surface area contributed by atoms with E-state index in [0.717, 1.165) is 41.0 Å². The number of aryl methyl sites for hydroxylation is 3. The highest BCUT2D eigenvalue weighted by molar-refractivity contribution is 5.99. The molecule has 1 aliphatic rings. The van der Waals surface area contributed by atoms with Crippen molar-refractivity contribution in [1.29, 1.82) is 0 Å². The highest BCUT2D eigenvalue weighted by Gasteiger charge is 2.25. The van der Waals surface area contributed by atoms with E-state index in [1.165, 1.54) is 0 Å². The number of rotatable bonds is 10. The SMILES string of the molecule is Cc1ccccc1OCCCCN1C(=O)COc2ccc(NC(=O)COc3c(C)cccc3C)cc21. The van der Waals surface area contributed by atoms with Crippen LogP contribution in [0.5, 0.6) is 17.2 Å². The lowest BCUT2D eigenvalue weighted by Gasteiger charge is -2.30. The van der Waals surface area contributed by atoms with Gasteiger partial charge in [-0.25, -0.2) is 0 Å². The van der Waals surface area contributed by atoms with E-state index in [1.807, 2.05) is 63.2 Å². The number of ether oxygens (including phenoxy) is 3. The zero-order chi connectivity index (χ0) is 25.5. The summed E-state index contributed by atoms with van der Waals surface area (Å²) in [6.45, 7) is 6.93. The van der Waals surface area contributed by atoms with Crippen LogP contribution in [-0.4, -0.2) is 38.2 Å². The molecule has 1 aliphatic heterocycles. The van der Waals surface area contributed by atoms with Crippen molar-refractivity contribution < 1.29 is 23.8 Å². The minimum atomic E-state index is -0.277. The Kier molecular flexibility index (Phi) is 8.10. The molecule has 0 atom stereocenters. The van der Waals surface area contributed by atoms with Crippen LogP contribution in [0.4, 0.5) is 11.4 Å². The predicted octanol–water partition coefficient (Wildman–Crippen LogP) is 5.21. The molecule has 1 N–H and O–H groups in total. The maximum atomic E-state index is 12.6. The number of carbonyl (C=O) groups excluding carboxylic acids is 2. The first-order valence-corrected chi connectivity index (χ1v) is 12.2. The van der Waals surface area contributed by atoms with Crippen LogP contribution < -0.4 is 24.4 Å². The van der Waals surface area contributed by atoms with Crippen LogP contribution in [0.3, 0.4) is 0 Å². The molecule has 0 aliphatic carbocycles. The quantitative estimate of drug-likeness (QED) is 0.396. The second kappa shape index (κ2) is 11.6. The molecule has 0 bridgehead atoms. The Labute approximate surface area is 212 Å². The van der Waals surface area contributed by atoms with E-state index in [1.54, 1.807) is 23.1 Å². The van der Waals surface area contributed by atoms with Crippen molar-refractivity contribution in [2.24, 2.45) is 0 Å². The minimum absolute atomic E-state index is 0.00202. The van der Waals surface area contributed by atoms with Gasteiger partial charge in [0.15, 0.2) is 13.2 Å². The van der Waals surface area contributed by atoms with Gasteiger partial charge in [0.1, 0.15) is 17.2 Å². The van der Waals surface area contributed by atoms with Crippen LogP contribution in [0.1, 0.15) is 29.5 Å². The molecule has 2 amide bonds. The Balaban J connectivity index is 1.33. The third-order valence-electron chi connectivity index (χ3n) is 6.07. The summed E-state index contributed by atoms with van der Waals surface area (Å²) in [6, 6.07) is 19.1. The van der Waals surface area contributed by atoms with Crippen LogP contribution in [0.2, 0.25) is 0 Å². The maximum absolute atomic E-state index is 12.6. The van der Waals surface area contributed by atoms with E-state index in [9.17, 15) is 9.59 Å². The molecular formula is C29H32N2O5. The molecule has 0 saturated heterocycles. The third-order valence-corrected chi connectivity index (χ3v) is 6.07. The molecular weight excluding hydrogens is 456 g/mol. The number of fused-ring (bicyclic) bond motifs is 1. The molecule has 0 saturated carbocycles. The first kappa shape index (κ1) is 25.1. The van der Waals surface area contributed by atoms with Gasteiger partial charge in [0.25, 0.3) is 11.8 Å². The molecule has 3 aromatic carbocycles. The summed E-state index contributed by atoms with van der Waals surface area (Å²) >= 11 is 0. The largest absolute Gasteiger partial charge is 0.493 e. The van der Waals surface area contributed by atoms with Gasteiger partial charge >= 0.3 is 0 Å². The summed E-state index contributed by atoms with van der Waals surface area (Å²) in [6.07, 6.45) is 1.58. The van der Waals surface area contributed by atoms with E-state index >= 15 is 0 Å². The first-order chi connectivity index (χ1) is 17.4. The number of para-hydroxylation sites is 2. The molecule has 3 aromatic rings. The fourth-order valence-electron chi connectivity index (χ4n) is 4.16. The van der Waals surface area contributed by atoms with Gasteiger partial charge < -0.3 is 24.4 Å². The maximum Gasteiger partial charge on any atom is 0.265 e. The highest BCUT2D eigenvalue weighted by Crippen LogP contribution is 2.35. The van der Waals surface area contributed by atoms with Gasteiger partial charge in [0.2, 0.25) is 0 Å². The zero-order valence-corrected chi connectivity index (χ0v) is 21.0. The molecule has 0 aromatic heterocycles. The Morgan fingerprint density at radius 2 is 1.69 bits per heavy atom. The van der Waals surface area contributed by atoms with Crippen molar-refractivity contribution >= 4 is 23.2 Å². The molecule has 0 fully saturated rings. The molecule has 0 unspecified atom stereocenters. The van der Waals surface area contributed by atoms with Gasteiger partial charge in [-0.2, -0.15) is 0 Å². The second-order valence-electron chi connectivity index (χ2n) is 8.90. The number of carbonyl (C=O) groups is 2. The fraction of sp³-hybridized carbons (Fsp3) is 0.310. The van der Waals surface area contributed by atoms with E-state index in [2.05, 4.69) is 5.32 Å². The summed E-state index contributed by atoms with van der Waals surface area (Å²) < 4.78 is 17.2. The lowest BCUT2D eigenvalue weighted by atomic mass is 10.1. The van der Waals surface area contributed by atoms with Crippen LogP contribution in [0.15, 0.2) is 60.7 Å². The van der Waals surface area contributed by atoms with E-state index in [-0.39, 0.29) is 25.0 Å². The van der Waals surface area contributed by atoms with Crippen molar-refractivity contribution in [3.05, 3.63) is 77.4 Å². The fourth-order valence-corrected chi connectivity index (χ4v) is 4.16. The number of hydrogen-bond donors (Lipinski definition) is 1. The van der Waals surface area contributed by atoms with Gasteiger partial charge in [-0.05, 0) is 74.6 Å². The Hall–Kier alpha value is -4.00. The van der Waals surface area contributed by atoms with Gasteiger partial charge in [-0.1, -0.05) is 36.4 Å². The summed E-state index contributed by atoms with van der Waals surface area (Å²) in [7, 11) is 0. The zero-order valence-electron chi connectivity index (χ0n) is 21.0. The van der Waals surface area contributed by atoms with Crippen molar-refractivity contribution in [2.75, 3.05) is 36.6 Å². The molecule has 1 heterocycles. The molecule has 7 nitrogen and oxygen atoms in total. The molecule has 0 radical (unpaired) electrons. The Bertz CT molecular complexity index is 1220. The average Bonchev–Trinajstić information content (AvgIpc) is 2.86. The smallest absolute Gasteiger partial charge is 0.265 e. The van der Waals surface area contributed by atoms with Gasteiger partial charge in [-0.3, -0.25) is 9.59 Å². The van der Waals surface area contributed by atoms with Crippen LogP contribution >= 0.6 is 0 Å². The third kappa shape index (κ3) is 6.16. The number of unbranched alkanes of at least 4 members (excludes halogenated alkanes) is 1. The standard InChI is InChI=1S/C29H32N2O5/c1-20-9-4-5-12-25(20)34-16-7-6-15-31-24-17-23(13-14-26(24)35-19-28(31)33)30-27(32)18-36-29-21(2)10-8-11-22(29)3/h4-5,8-14,17H,6-7,15-16,18-19H2,1-3H3,(H,30,32). The first-order valence-electron chi connectivity index (χ1n) is 12.2. The summed E-state index contributed by atoms with van der Waals surface area (Å²) in [4.78, 5) is 26.9. The van der Waals surface area contributed by atoms with Crippen LogP contribution in [-0.2, 0) is 9.59 Å². The minimum Gasteiger partial charge on any atom is -0.493 e. The number of anilines is 2. The normalized spacial score (nSPS) is 12.5. The number of hydrogen-bond acceptors (Lipinski definition) is 5. The van der Waals surface area contributed by atoms with Crippen LogP contribution in [0, 0.1) is 20.8 Å². The Morgan fingerprint density at radius 3 is 2.47 bits per heavy atom.